The fraction of sp³-hybridized carbons (Fsp3) is 0. The zero-order valence-electron chi connectivity index (χ0n) is 24.0. The Balaban J connectivity index is 1.18. The third-order valence-electron chi connectivity index (χ3n) is 9.04. The summed E-state index contributed by atoms with van der Waals surface area (Å²) in [4.78, 5) is 15.0. The molecule has 1 aliphatic rings. The van der Waals surface area contributed by atoms with E-state index < -0.39 is 0 Å². The van der Waals surface area contributed by atoms with Gasteiger partial charge in [-0.15, -0.1) is 11.3 Å². The first kappa shape index (κ1) is 24.7. The fourth-order valence-electron chi connectivity index (χ4n) is 6.96. The maximum atomic E-state index is 5.06. The Morgan fingerprint density at radius 3 is 1.82 bits per heavy atom. The van der Waals surface area contributed by atoms with Crippen LogP contribution in [0.1, 0.15) is 0 Å². The summed E-state index contributed by atoms with van der Waals surface area (Å²) in [6, 6.07) is 49.5. The molecule has 10 rings (SSSR count). The van der Waals surface area contributed by atoms with E-state index in [1.165, 1.54) is 58.6 Å². The first-order valence-corrected chi connectivity index (χ1v) is 15.9. The van der Waals surface area contributed by atoms with Crippen molar-refractivity contribution in [3.8, 4) is 56.4 Å². The molecular weight excluding hydrogens is 567 g/mol. The van der Waals surface area contributed by atoms with Gasteiger partial charge in [-0.2, -0.15) is 0 Å². The Morgan fingerprint density at radius 1 is 0.356 bits per heavy atom. The second-order valence-corrected chi connectivity index (χ2v) is 12.7. The maximum absolute atomic E-state index is 5.06. The highest BCUT2D eigenvalue weighted by Crippen LogP contribution is 2.51. The minimum absolute atomic E-state index is 0.671. The number of benzene rings is 7. The SMILES string of the molecule is c1ccc(-c2nc(-c3ccc4ccccc4c3)nc(-c3ccc4c(c3)sc3cc5c6c(cccc6c34)-c3ccccc3-5)n2)cc1. The second-order valence-electron chi connectivity index (χ2n) is 11.6. The summed E-state index contributed by atoms with van der Waals surface area (Å²) in [6.07, 6.45) is 0. The first-order chi connectivity index (χ1) is 22.3. The summed E-state index contributed by atoms with van der Waals surface area (Å²) >= 11 is 1.84. The van der Waals surface area contributed by atoms with Crippen molar-refractivity contribution in [1.82, 2.24) is 15.0 Å². The van der Waals surface area contributed by atoms with Crippen molar-refractivity contribution in [2.75, 3.05) is 0 Å². The lowest BCUT2D eigenvalue weighted by Gasteiger charge is -2.09. The predicted molar refractivity (Wildman–Crippen MR) is 188 cm³/mol. The predicted octanol–water partition coefficient (Wildman–Crippen LogP) is 11.2. The average Bonchev–Trinajstić information content (AvgIpc) is 3.64. The van der Waals surface area contributed by atoms with Crippen molar-refractivity contribution < 1.29 is 0 Å². The van der Waals surface area contributed by atoms with Gasteiger partial charge in [-0.25, -0.2) is 15.0 Å². The molecule has 9 aromatic rings. The smallest absolute Gasteiger partial charge is 0.164 e. The van der Waals surface area contributed by atoms with Gasteiger partial charge in [-0.1, -0.05) is 121 Å². The van der Waals surface area contributed by atoms with E-state index in [4.69, 9.17) is 15.0 Å². The van der Waals surface area contributed by atoms with Crippen LogP contribution in [0.5, 0.6) is 0 Å². The number of rotatable bonds is 3. The minimum atomic E-state index is 0.671. The van der Waals surface area contributed by atoms with Crippen molar-refractivity contribution in [2.45, 2.75) is 0 Å². The van der Waals surface area contributed by atoms with Gasteiger partial charge in [-0.3, -0.25) is 0 Å². The highest BCUT2D eigenvalue weighted by atomic mass is 32.1. The van der Waals surface area contributed by atoms with Gasteiger partial charge in [-0.05, 0) is 62.0 Å². The molecule has 0 N–H and O–H groups in total. The Morgan fingerprint density at radius 2 is 1.00 bits per heavy atom. The Hall–Kier alpha value is -5.71. The molecule has 2 heterocycles. The van der Waals surface area contributed by atoms with Crippen LogP contribution in [0.15, 0.2) is 140 Å². The van der Waals surface area contributed by atoms with Gasteiger partial charge in [0.25, 0.3) is 0 Å². The molecule has 208 valence electrons. The van der Waals surface area contributed by atoms with E-state index >= 15 is 0 Å². The summed E-state index contributed by atoms with van der Waals surface area (Å²) in [5.41, 5.74) is 8.24. The van der Waals surface area contributed by atoms with Crippen LogP contribution in [0.4, 0.5) is 0 Å². The Labute approximate surface area is 263 Å². The lowest BCUT2D eigenvalue weighted by molar-refractivity contribution is 1.08. The van der Waals surface area contributed by atoms with Gasteiger partial charge >= 0.3 is 0 Å². The summed E-state index contributed by atoms with van der Waals surface area (Å²) < 4.78 is 2.53. The number of thiophene rings is 1. The molecular formula is C41H23N3S. The van der Waals surface area contributed by atoms with Gasteiger partial charge < -0.3 is 0 Å². The standard InChI is InChI=1S/C41H23N3S/c1-2-10-25(11-3-1)39-42-40(27-18-17-24-9-4-5-12-26(24)21-27)44-41(43-39)28-19-20-32-35(22-28)45-36-23-34-30-14-7-6-13-29(30)31-15-8-16-33(37(31)34)38(32)36/h1-23H. The van der Waals surface area contributed by atoms with Crippen LogP contribution in [0, 0.1) is 0 Å². The normalized spacial score (nSPS) is 12.0. The molecule has 0 spiro atoms. The van der Waals surface area contributed by atoms with Crippen molar-refractivity contribution in [2.24, 2.45) is 0 Å². The molecule has 0 radical (unpaired) electrons. The third kappa shape index (κ3) is 3.73. The highest BCUT2D eigenvalue weighted by molar-refractivity contribution is 7.26. The lowest BCUT2D eigenvalue weighted by Crippen LogP contribution is -2.00. The zero-order chi connectivity index (χ0) is 29.5. The van der Waals surface area contributed by atoms with E-state index in [1.807, 2.05) is 29.5 Å². The average molecular weight is 590 g/mol. The largest absolute Gasteiger partial charge is 0.208 e. The fourth-order valence-corrected chi connectivity index (χ4v) is 8.16. The van der Waals surface area contributed by atoms with Crippen LogP contribution in [0.25, 0.3) is 98.1 Å². The summed E-state index contributed by atoms with van der Waals surface area (Å²) in [7, 11) is 0. The molecule has 0 aliphatic heterocycles. The van der Waals surface area contributed by atoms with Crippen LogP contribution in [0.3, 0.4) is 0 Å². The number of nitrogens with zero attached hydrogens (tertiary/aromatic N) is 3. The number of aromatic nitrogens is 3. The van der Waals surface area contributed by atoms with Crippen molar-refractivity contribution in [3.63, 3.8) is 0 Å². The van der Waals surface area contributed by atoms with Crippen LogP contribution in [-0.2, 0) is 0 Å². The summed E-state index contributed by atoms with van der Waals surface area (Å²) in [5, 5.41) is 7.63. The molecule has 0 bridgehead atoms. The number of hydrogen-bond acceptors (Lipinski definition) is 4. The van der Waals surface area contributed by atoms with E-state index in [9.17, 15) is 0 Å². The Kier molecular flexibility index (Phi) is 5.16. The molecule has 0 atom stereocenters. The molecule has 1 aliphatic carbocycles. The quantitative estimate of drug-likeness (QED) is 0.206. The van der Waals surface area contributed by atoms with Crippen LogP contribution in [-0.4, -0.2) is 15.0 Å². The van der Waals surface area contributed by atoms with Gasteiger partial charge in [0.1, 0.15) is 0 Å². The number of hydrogen-bond donors (Lipinski definition) is 0. The topological polar surface area (TPSA) is 38.7 Å². The molecule has 0 unspecified atom stereocenters. The summed E-state index contributed by atoms with van der Waals surface area (Å²) in [5.74, 6) is 2.02. The van der Waals surface area contributed by atoms with Crippen LogP contribution < -0.4 is 0 Å². The van der Waals surface area contributed by atoms with Gasteiger partial charge in [0.05, 0.1) is 0 Å². The monoisotopic (exact) mass is 589 g/mol. The molecule has 4 heteroatoms. The number of fused-ring (bicyclic) bond motifs is 8. The second kappa shape index (κ2) is 9.39. The van der Waals surface area contributed by atoms with Crippen LogP contribution >= 0.6 is 11.3 Å². The first-order valence-electron chi connectivity index (χ1n) is 15.1. The molecule has 2 aromatic heterocycles. The van der Waals surface area contributed by atoms with E-state index in [-0.39, 0.29) is 0 Å². The molecule has 0 saturated heterocycles. The molecule has 45 heavy (non-hydrogen) atoms. The molecule has 0 fully saturated rings. The van der Waals surface area contributed by atoms with Crippen LogP contribution in [0.2, 0.25) is 0 Å². The maximum Gasteiger partial charge on any atom is 0.164 e. The Bertz CT molecular complexity index is 2650. The van der Waals surface area contributed by atoms with Crippen molar-refractivity contribution in [1.29, 1.82) is 0 Å². The van der Waals surface area contributed by atoms with E-state index in [0.717, 1.165) is 22.1 Å². The third-order valence-corrected chi connectivity index (χ3v) is 10.1. The zero-order valence-corrected chi connectivity index (χ0v) is 24.8. The van der Waals surface area contributed by atoms with Gasteiger partial charge in [0.15, 0.2) is 17.5 Å². The molecule has 3 nitrogen and oxygen atoms in total. The van der Waals surface area contributed by atoms with E-state index in [1.54, 1.807) is 0 Å². The molecule has 0 saturated carbocycles. The van der Waals surface area contributed by atoms with Crippen molar-refractivity contribution in [3.05, 3.63) is 140 Å². The minimum Gasteiger partial charge on any atom is -0.208 e. The summed E-state index contributed by atoms with van der Waals surface area (Å²) in [6.45, 7) is 0. The van der Waals surface area contributed by atoms with E-state index in [0.29, 0.717) is 17.5 Å². The highest BCUT2D eigenvalue weighted by Gasteiger charge is 2.24. The van der Waals surface area contributed by atoms with Gasteiger partial charge in [0, 0.05) is 36.9 Å². The van der Waals surface area contributed by atoms with Gasteiger partial charge in [0.2, 0.25) is 0 Å². The molecule has 7 aromatic carbocycles. The van der Waals surface area contributed by atoms with Crippen molar-refractivity contribution >= 4 is 53.1 Å². The van der Waals surface area contributed by atoms with E-state index in [2.05, 4.69) is 121 Å². The lowest BCUT2D eigenvalue weighted by atomic mass is 9.98. The molecule has 0 amide bonds.